The number of nitrogens with zero attached hydrogens (tertiary/aromatic N) is 3. The van der Waals surface area contributed by atoms with Crippen LogP contribution in [0.2, 0.25) is 5.02 Å². The van der Waals surface area contributed by atoms with Gasteiger partial charge < -0.3 is 10.1 Å². The van der Waals surface area contributed by atoms with Gasteiger partial charge in [0.2, 0.25) is 0 Å². The average molecular weight is 453 g/mol. The molecule has 0 spiro atoms. The fraction of sp³-hybridized carbons (Fsp3) is 0.360. The highest BCUT2D eigenvalue weighted by atomic mass is 35.5. The molecule has 1 saturated heterocycles. The van der Waals surface area contributed by atoms with Crippen molar-refractivity contribution in [1.82, 2.24) is 15.2 Å². The maximum atomic E-state index is 12.1. The van der Waals surface area contributed by atoms with E-state index in [1.807, 2.05) is 18.2 Å². The summed E-state index contributed by atoms with van der Waals surface area (Å²) in [5.41, 5.74) is 3.17. The van der Waals surface area contributed by atoms with Gasteiger partial charge in [0.1, 0.15) is 11.5 Å². The van der Waals surface area contributed by atoms with Gasteiger partial charge in [0, 0.05) is 48.0 Å². The van der Waals surface area contributed by atoms with E-state index >= 15 is 0 Å². The van der Waals surface area contributed by atoms with Crippen molar-refractivity contribution in [2.45, 2.75) is 12.8 Å². The summed E-state index contributed by atoms with van der Waals surface area (Å²) in [6.07, 6.45) is 4.29. The van der Waals surface area contributed by atoms with E-state index in [1.54, 1.807) is 18.3 Å². The standard InChI is InChI=1S/C19H22N4O.C6H4ClF/c1-2-8-20-17(3-1)19-21-13-16(7-6-15-4-5-15)18(22-19)14-23-9-11-24-12-10-23;7-5-2-1-3-6(8)4-5/h1-3,8,15H,4-5,9-14H2,(H,21,22);1-4H. The van der Waals surface area contributed by atoms with Crippen LogP contribution in [-0.2, 0) is 4.74 Å². The Morgan fingerprint density at radius 2 is 2.00 bits per heavy atom. The summed E-state index contributed by atoms with van der Waals surface area (Å²) in [7, 11) is 0. The van der Waals surface area contributed by atoms with Crippen molar-refractivity contribution in [2.75, 3.05) is 39.4 Å². The highest BCUT2D eigenvalue weighted by Crippen LogP contribution is 2.27. The van der Waals surface area contributed by atoms with Crippen molar-refractivity contribution in [1.29, 1.82) is 0 Å². The lowest BCUT2D eigenvalue weighted by Crippen LogP contribution is -2.42. The molecule has 0 amide bonds. The van der Waals surface area contributed by atoms with Gasteiger partial charge >= 0.3 is 0 Å². The van der Waals surface area contributed by atoms with E-state index < -0.39 is 0 Å². The Balaban J connectivity index is 0.000000260. The van der Waals surface area contributed by atoms with Crippen molar-refractivity contribution in [2.24, 2.45) is 10.9 Å². The third kappa shape index (κ3) is 6.89. The van der Waals surface area contributed by atoms with Gasteiger partial charge in [-0.15, -0.1) is 0 Å². The lowest BCUT2D eigenvalue weighted by atomic mass is 10.1. The van der Waals surface area contributed by atoms with Crippen molar-refractivity contribution in [3.8, 4) is 11.8 Å². The van der Waals surface area contributed by atoms with Crippen LogP contribution >= 0.6 is 11.6 Å². The van der Waals surface area contributed by atoms with Gasteiger partial charge in [-0.05, 0) is 43.2 Å². The van der Waals surface area contributed by atoms with Crippen molar-refractivity contribution >= 4 is 17.4 Å². The summed E-state index contributed by atoms with van der Waals surface area (Å²) >= 11 is 5.40. The summed E-state index contributed by atoms with van der Waals surface area (Å²) in [5.74, 6) is 7.90. The minimum absolute atomic E-state index is 0.294. The molecule has 0 unspecified atom stereocenters. The fourth-order valence-corrected chi connectivity index (χ4v) is 3.45. The molecule has 2 aliphatic heterocycles. The first kappa shape index (κ1) is 22.5. The molecule has 1 saturated carbocycles. The first-order valence-electron chi connectivity index (χ1n) is 10.8. The number of benzene rings is 1. The van der Waals surface area contributed by atoms with Crippen molar-refractivity contribution in [3.63, 3.8) is 0 Å². The molecule has 1 aromatic carbocycles. The number of rotatable bonds is 3. The Kier molecular flexibility index (Phi) is 7.89. The number of pyridine rings is 1. The number of hydrogen-bond acceptors (Lipinski definition) is 5. The highest BCUT2D eigenvalue weighted by molar-refractivity contribution is 6.30. The van der Waals surface area contributed by atoms with E-state index in [0.717, 1.165) is 50.0 Å². The predicted molar refractivity (Wildman–Crippen MR) is 125 cm³/mol. The second-order valence-electron chi connectivity index (χ2n) is 7.83. The largest absolute Gasteiger partial charge is 0.379 e. The Bertz CT molecular complexity index is 1020. The van der Waals surface area contributed by atoms with Crippen LogP contribution in [0, 0.1) is 23.6 Å². The number of amidine groups is 1. The van der Waals surface area contributed by atoms with Crippen LogP contribution in [0.3, 0.4) is 0 Å². The Labute approximate surface area is 193 Å². The van der Waals surface area contributed by atoms with E-state index in [1.165, 1.54) is 30.7 Å². The molecule has 0 radical (unpaired) electrons. The third-order valence-corrected chi connectivity index (χ3v) is 5.45. The Morgan fingerprint density at radius 1 is 1.16 bits per heavy atom. The van der Waals surface area contributed by atoms with Gasteiger partial charge in [-0.1, -0.05) is 35.6 Å². The molecule has 3 aliphatic rings. The smallest absolute Gasteiger partial charge is 0.151 e. The molecule has 2 fully saturated rings. The van der Waals surface area contributed by atoms with Crippen molar-refractivity contribution < 1.29 is 9.13 Å². The number of morpholine rings is 1. The van der Waals surface area contributed by atoms with Crippen LogP contribution in [-0.4, -0.2) is 55.1 Å². The molecule has 1 aromatic heterocycles. The topological polar surface area (TPSA) is 49.8 Å². The lowest BCUT2D eigenvalue weighted by molar-refractivity contribution is 0.0418. The van der Waals surface area contributed by atoms with Gasteiger partial charge in [-0.25, -0.2) is 4.39 Å². The van der Waals surface area contributed by atoms with E-state index in [0.29, 0.717) is 17.5 Å². The van der Waals surface area contributed by atoms with E-state index in [2.05, 4.69) is 32.0 Å². The third-order valence-electron chi connectivity index (χ3n) is 5.21. The second kappa shape index (κ2) is 11.2. The van der Waals surface area contributed by atoms with Crippen LogP contribution in [0.1, 0.15) is 18.5 Å². The summed E-state index contributed by atoms with van der Waals surface area (Å²) in [4.78, 5) is 11.5. The minimum atomic E-state index is -0.294. The molecule has 0 atom stereocenters. The highest BCUT2D eigenvalue weighted by Gasteiger charge is 2.21. The van der Waals surface area contributed by atoms with Crippen LogP contribution < -0.4 is 5.32 Å². The van der Waals surface area contributed by atoms with Gasteiger partial charge in [0.05, 0.1) is 19.8 Å². The zero-order valence-corrected chi connectivity index (χ0v) is 18.6. The van der Waals surface area contributed by atoms with Gasteiger partial charge in [0.25, 0.3) is 0 Å². The van der Waals surface area contributed by atoms with Crippen LogP contribution in [0.5, 0.6) is 0 Å². The lowest BCUT2D eigenvalue weighted by Gasteiger charge is -2.29. The molecule has 3 heterocycles. The minimum Gasteiger partial charge on any atom is -0.379 e. The number of ether oxygens (including phenoxy) is 1. The first-order chi connectivity index (χ1) is 15.7. The molecule has 32 heavy (non-hydrogen) atoms. The average Bonchev–Trinajstić information content (AvgIpc) is 3.64. The molecular formula is C25H26ClFN4O. The summed E-state index contributed by atoms with van der Waals surface area (Å²) in [5, 5.41) is 3.93. The number of halogens is 2. The summed E-state index contributed by atoms with van der Waals surface area (Å²) in [6, 6.07) is 11.7. The molecule has 2 aromatic rings. The molecule has 1 aliphatic carbocycles. The zero-order valence-electron chi connectivity index (χ0n) is 17.9. The first-order valence-corrected chi connectivity index (χ1v) is 11.2. The monoisotopic (exact) mass is 452 g/mol. The van der Waals surface area contributed by atoms with E-state index in [4.69, 9.17) is 16.3 Å². The maximum Gasteiger partial charge on any atom is 0.151 e. The Morgan fingerprint density at radius 3 is 2.66 bits per heavy atom. The van der Waals surface area contributed by atoms with E-state index in [9.17, 15) is 4.39 Å². The maximum absolute atomic E-state index is 12.1. The quantitative estimate of drug-likeness (QED) is 0.717. The molecule has 0 bridgehead atoms. The van der Waals surface area contributed by atoms with Crippen LogP contribution in [0.25, 0.3) is 0 Å². The SMILES string of the molecule is C(#CC1CC1)C1=C(CN2CCOCC2)NC(c2ccccn2)=NC1.Fc1cccc(Cl)c1. The van der Waals surface area contributed by atoms with Crippen molar-refractivity contribution in [3.05, 3.63) is 76.5 Å². The van der Waals surface area contributed by atoms with Crippen LogP contribution in [0.15, 0.2) is 64.9 Å². The number of aromatic nitrogens is 1. The predicted octanol–water partition coefficient (Wildman–Crippen LogP) is 3.91. The molecule has 5 nitrogen and oxygen atoms in total. The molecule has 7 heteroatoms. The summed E-state index contributed by atoms with van der Waals surface area (Å²) < 4.78 is 17.5. The molecular weight excluding hydrogens is 427 g/mol. The molecule has 5 rings (SSSR count). The molecule has 1 N–H and O–H groups in total. The summed E-state index contributed by atoms with van der Waals surface area (Å²) in [6.45, 7) is 5.03. The zero-order chi connectivity index (χ0) is 22.2. The molecule has 166 valence electrons. The number of hydrogen-bond donors (Lipinski definition) is 1. The van der Waals surface area contributed by atoms with Gasteiger partial charge in [-0.2, -0.15) is 0 Å². The second-order valence-corrected chi connectivity index (χ2v) is 8.27. The number of nitrogens with one attached hydrogen (secondary N) is 1. The normalized spacial score (nSPS) is 18.5. The number of aliphatic imine (C=N–C) groups is 1. The fourth-order valence-electron chi connectivity index (χ4n) is 3.27. The Hall–Kier alpha value is -2.72. The van der Waals surface area contributed by atoms with Gasteiger partial charge in [-0.3, -0.25) is 14.9 Å². The van der Waals surface area contributed by atoms with Gasteiger partial charge in [0.15, 0.2) is 5.84 Å². The van der Waals surface area contributed by atoms with E-state index in [-0.39, 0.29) is 5.82 Å². The van der Waals surface area contributed by atoms with Crippen LogP contribution in [0.4, 0.5) is 4.39 Å².